The third-order valence-corrected chi connectivity index (χ3v) is 3.86. The van der Waals surface area contributed by atoms with Crippen molar-refractivity contribution in [2.45, 2.75) is 39.6 Å². The summed E-state index contributed by atoms with van der Waals surface area (Å²) in [5, 5.41) is 0. The Labute approximate surface area is 126 Å². The van der Waals surface area contributed by atoms with Gasteiger partial charge < -0.3 is 14.2 Å². The molecule has 0 saturated carbocycles. The zero-order chi connectivity index (χ0) is 15.5. The van der Waals surface area contributed by atoms with E-state index < -0.39 is 5.79 Å². The monoisotopic (exact) mass is 292 g/mol. The summed E-state index contributed by atoms with van der Waals surface area (Å²) in [5.41, 5.74) is 0.551. The van der Waals surface area contributed by atoms with Crippen LogP contribution in [0.5, 0.6) is 0 Å². The fraction of sp³-hybridized carbons (Fsp3) is 0.588. The zero-order valence-electron chi connectivity index (χ0n) is 13.2. The number of ether oxygens (including phenoxy) is 3. The van der Waals surface area contributed by atoms with Crippen LogP contribution in [0.25, 0.3) is 0 Å². The molecule has 1 aromatic carbocycles. The summed E-state index contributed by atoms with van der Waals surface area (Å²) in [6.07, 6.45) is -0.206. The van der Waals surface area contributed by atoms with Crippen molar-refractivity contribution in [3.05, 3.63) is 35.9 Å². The standard InChI is InChI=1S/C17H24O4/c1-12(2)17(13(3)4)20-11-15(21-17)10-19-16(18)14-8-6-5-7-9-14/h5-9,12-13,15H,10-11H2,1-4H3/t15-/m0/s1. The minimum Gasteiger partial charge on any atom is -0.459 e. The maximum atomic E-state index is 11.9. The normalized spacial score (nSPS) is 21.0. The van der Waals surface area contributed by atoms with Gasteiger partial charge in [-0.15, -0.1) is 0 Å². The van der Waals surface area contributed by atoms with E-state index in [1.54, 1.807) is 12.1 Å². The molecule has 1 aromatic rings. The highest BCUT2D eigenvalue weighted by molar-refractivity contribution is 5.89. The van der Waals surface area contributed by atoms with Gasteiger partial charge in [0.25, 0.3) is 0 Å². The molecule has 0 bridgehead atoms. The lowest BCUT2D eigenvalue weighted by Crippen LogP contribution is -2.42. The van der Waals surface area contributed by atoms with Gasteiger partial charge in [-0.2, -0.15) is 0 Å². The van der Waals surface area contributed by atoms with E-state index in [1.807, 2.05) is 18.2 Å². The summed E-state index contributed by atoms with van der Waals surface area (Å²) in [4.78, 5) is 11.9. The van der Waals surface area contributed by atoms with E-state index in [0.717, 1.165) is 0 Å². The number of rotatable bonds is 5. The molecule has 2 rings (SSSR count). The fourth-order valence-corrected chi connectivity index (χ4v) is 2.73. The minimum atomic E-state index is -0.580. The molecule has 116 valence electrons. The van der Waals surface area contributed by atoms with Crippen LogP contribution in [0.15, 0.2) is 30.3 Å². The Hall–Kier alpha value is -1.39. The summed E-state index contributed by atoms with van der Waals surface area (Å²) in [5.74, 6) is -0.422. The van der Waals surface area contributed by atoms with E-state index in [4.69, 9.17) is 14.2 Å². The van der Waals surface area contributed by atoms with Crippen molar-refractivity contribution in [3.8, 4) is 0 Å². The maximum Gasteiger partial charge on any atom is 0.338 e. The molecular weight excluding hydrogens is 268 g/mol. The van der Waals surface area contributed by atoms with Gasteiger partial charge in [0.05, 0.1) is 12.2 Å². The molecule has 0 spiro atoms. The molecule has 4 heteroatoms. The van der Waals surface area contributed by atoms with Crippen LogP contribution in [0.1, 0.15) is 38.1 Å². The van der Waals surface area contributed by atoms with Gasteiger partial charge in [-0.05, 0) is 12.1 Å². The lowest BCUT2D eigenvalue weighted by molar-refractivity contribution is -0.227. The molecule has 21 heavy (non-hydrogen) atoms. The maximum absolute atomic E-state index is 11.9. The Balaban J connectivity index is 1.90. The van der Waals surface area contributed by atoms with E-state index in [2.05, 4.69) is 27.7 Å². The summed E-state index contributed by atoms with van der Waals surface area (Å²) >= 11 is 0. The summed E-state index contributed by atoms with van der Waals surface area (Å²) in [6, 6.07) is 8.97. The van der Waals surface area contributed by atoms with Gasteiger partial charge in [0.15, 0.2) is 5.79 Å². The van der Waals surface area contributed by atoms with Gasteiger partial charge in [-0.25, -0.2) is 4.79 Å². The van der Waals surface area contributed by atoms with Crippen molar-refractivity contribution >= 4 is 5.97 Å². The van der Waals surface area contributed by atoms with Crippen LogP contribution in [0, 0.1) is 11.8 Å². The minimum absolute atomic E-state index is 0.206. The van der Waals surface area contributed by atoms with Crippen molar-refractivity contribution < 1.29 is 19.0 Å². The molecule has 0 aliphatic carbocycles. The first-order valence-corrected chi connectivity index (χ1v) is 7.49. The van der Waals surface area contributed by atoms with Crippen LogP contribution < -0.4 is 0 Å². The van der Waals surface area contributed by atoms with Crippen molar-refractivity contribution in [1.29, 1.82) is 0 Å². The van der Waals surface area contributed by atoms with Gasteiger partial charge in [0, 0.05) is 11.8 Å². The topological polar surface area (TPSA) is 44.8 Å². The van der Waals surface area contributed by atoms with Crippen LogP contribution in [-0.2, 0) is 14.2 Å². The summed E-state index contributed by atoms with van der Waals surface area (Å²) in [7, 11) is 0. The largest absolute Gasteiger partial charge is 0.459 e. The number of hydrogen-bond acceptors (Lipinski definition) is 4. The van der Waals surface area contributed by atoms with Crippen LogP contribution in [0.4, 0.5) is 0 Å². The second-order valence-corrected chi connectivity index (χ2v) is 6.05. The average Bonchev–Trinajstić information content (AvgIpc) is 2.91. The van der Waals surface area contributed by atoms with E-state index in [-0.39, 0.29) is 30.5 Å². The van der Waals surface area contributed by atoms with Crippen molar-refractivity contribution in [1.82, 2.24) is 0 Å². The van der Waals surface area contributed by atoms with Gasteiger partial charge >= 0.3 is 5.97 Å². The van der Waals surface area contributed by atoms with Gasteiger partial charge in [-0.3, -0.25) is 0 Å². The smallest absolute Gasteiger partial charge is 0.338 e. The number of hydrogen-bond donors (Lipinski definition) is 0. The first-order chi connectivity index (χ1) is 9.95. The number of carbonyl (C=O) groups excluding carboxylic acids is 1. The predicted octanol–water partition coefficient (Wildman–Crippen LogP) is 3.27. The Morgan fingerprint density at radius 2 is 1.86 bits per heavy atom. The lowest BCUT2D eigenvalue weighted by atomic mass is 9.91. The Kier molecular flexibility index (Phi) is 5.01. The quantitative estimate of drug-likeness (QED) is 0.781. The Morgan fingerprint density at radius 3 is 2.38 bits per heavy atom. The zero-order valence-corrected chi connectivity index (χ0v) is 13.2. The van der Waals surface area contributed by atoms with E-state index in [1.165, 1.54) is 0 Å². The van der Waals surface area contributed by atoms with Crippen molar-refractivity contribution in [2.24, 2.45) is 11.8 Å². The van der Waals surface area contributed by atoms with Crippen LogP contribution in [-0.4, -0.2) is 31.1 Å². The molecule has 1 aliphatic heterocycles. The van der Waals surface area contributed by atoms with Gasteiger partial charge in [0.1, 0.15) is 12.7 Å². The van der Waals surface area contributed by atoms with Crippen LogP contribution >= 0.6 is 0 Å². The van der Waals surface area contributed by atoms with Gasteiger partial charge in [0.2, 0.25) is 0 Å². The number of esters is 1. The first-order valence-electron chi connectivity index (χ1n) is 7.49. The third kappa shape index (κ3) is 3.44. The molecule has 1 saturated heterocycles. The molecule has 0 unspecified atom stereocenters. The molecular formula is C17H24O4. The molecule has 4 nitrogen and oxygen atoms in total. The molecule has 0 radical (unpaired) electrons. The molecule has 0 N–H and O–H groups in total. The molecule has 0 amide bonds. The first kappa shape index (κ1) is 16.0. The highest BCUT2D eigenvalue weighted by atomic mass is 16.8. The molecule has 1 atom stereocenters. The average molecular weight is 292 g/mol. The second-order valence-electron chi connectivity index (χ2n) is 6.05. The lowest BCUT2D eigenvalue weighted by Gasteiger charge is -2.35. The van der Waals surface area contributed by atoms with Crippen molar-refractivity contribution in [2.75, 3.05) is 13.2 Å². The highest BCUT2D eigenvalue weighted by Gasteiger charge is 2.47. The second kappa shape index (κ2) is 6.58. The highest BCUT2D eigenvalue weighted by Crippen LogP contribution is 2.37. The SMILES string of the molecule is CC(C)C1(C(C)C)OC[C@H](COC(=O)c2ccccc2)O1. The van der Waals surface area contributed by atoms with Crippen LogP contribution in [0.2, 0.25) is 0 Å². The predicted molar refractivity (Wildman–Crippen MR) is 80.0 cm³/mol. The number of benzene rings is 1. The Bertz CT molecular complexity index is 459. The van der Waals surface area contributed by atoms with E-state index in [9.17, 15) is 4.79 Å². The van der Waals surface area contributed by atoms with E-state index >= 15 is 0 Å². The Morgan fingerprint density at radius 1 is 1.24 bits per heavy atom. The molecule has 1 fully saturated rings. The number of carbonyl (C=O) groups is 1. The molecule has 0 aromatic heterocycles. The summed E-state index contributed by atoms with van der Waals surface area (Å²) < 4.78 is 17.3. The third-order valence-electron chi connectivity index (χ3n) is 3.86. The summed E-state index contributed by atoms with van der Waals surface area (Å²) in [6.45, 7) is 9.00. The molecule has 1 aliphatic rings. The van der Waals surface area contributed by atoms with E-state index in [0.29, 0.717) is 12.2 Å². The van der Waals surface area contributed by atoms with Crippen LogP contribution in [0.3, 0.4) is 0 Å². The van der Waals surface area contributed by atoms with Crippen molar-refractivity contribution in [3.63, 3.8) is 0 Å². The molecule has 1 heterocycles. The van der Waals surface area contributed by atoms with Gasteiger partial charge in [-0.1, -0.05) is 45.9 Å². The fourth-order valence-electron chi connectivity index (χ4n) is 2.73.